The number of likely N-dealkylation sites (N-methyl/N-ethyl adjacent to an activating group) is 1. The first-order chi connectivity index (χ1) is 14.0. The number of carbonyl (C=O) groups is 2. The molecule has 1 saturated heterocycles. The molecule has 154 valence electrons. The van der Waals surface area contributed by atoms with Crippen LogP contribution in [-0.4, -0.2) is 49.4 Å². The minimum absolute atomic E-state index is 0.0316. The number of amides is 2. The van der Waals surface area contributed by atoms with Gasteiger partial charge in [-0.3, -0.25) is 14.5 Å². The molecule has 2 aromatic rings. The van der Waals surface area contributed by atoms with E-state index in [1.54, 1.807) is 7.05 Å². The predicted octanol–water partition coefficient (Wildman–Crippen LogP) is 2.91. The highest BCUT2D eigenvalue weighted by Crippen LogP contribution is 2.24. The number of likely N-dealkylation sites (tertiary alicyclic amines) is 1. The highest BCUT2D eigenvalue weighted by molar-refractivity contribution is 5.95. The Hall–Kier alpha value is -2.66. The Morgan fingerprint density at radius 2 is 1.72 bits per heavy atom. The quantitative estimate of drug-likeness (QED) is 0.760. The fourth-order valence-electron chi connectivity index (χ4n) is 4.03. The SMILES string of the molecule is CNC(=O)C[C@H]1CC[C@@H](CNC(=O)c2ccccc2Cc2ccc(C)cc2)N1C. The van der Waals surface area contributed by atoms with Crippen molar-refractivity contribution in [1.29, 1.82) is 0 Å². The molecule has 5 heteroatoms. The van der Waals surface area contributed by atoms with E-state index >= 15 is 0 Å². The number of rotatable bonds is 7. The van der Waals surface area contributed by atoms with Crippen LogP contribution in [0.5, 0.6) is 0 Å². The maximum absolute atomic E-state index is 12.9. The number of carbonyl (C=O) groups excluding carboxylic acids is 2. The fourth-order valence-corrected chi connectivity index (χ4v) is 4.03. The number of nitrogens with one attached hydrogen (secondary N) is 2. The molecule has 2 aromatic carbocycles. The second kappa shape index (κ2) is 9.70. The van der Waals surface area contributed by atoms with Crippen LogP contribution in [0.2, 0.25) is 0 Å². The Labute approximate surface area is 173 Å². The van der Waals surface area contributed by atoms with Gasteiger partial charge >= 0.3 is 0 Å². The Bertz CT molecular complexity index is 847. The summed E-state index contributed by atoms with van der Waals surface area (Å²) in [5.41, 5.74) is 4.19. The van der Waals surface area contributed by atoms with Crippen LogP contribution in [0, 0.1) is 6.92 Å². The normalized spacial score (nSPS) is 19.1. The lowest BCUT2D eigenvalue weighted by Crippen LogP contribution is -2.42. The maximum atomic E-state index is 12.9. The molecule has 1 heterocycles. The molecule has 1 aliphatic heterocycles. The van der Waals surface area contributed by atoms with E-state index < -0.39 is 0 Å². The highest BCUT2D eigenvalue weighted by Gasteiger charge is 2.31. The number of benzene rings is 2. The zero-order valence-electron chi connectivity index (χ0n) is 17.6. The molecule has 0 aromatic heterocycles. The summed E-state index contributed by atoms with van der Waals surface area (Å²) >= 11 is 0. The average Bonchev–Trinajstić information content (AvgIpc) is 3.07. The van der Waals surface area contributed by atoms with Gasteiger partial charge in [-0.05, 0) is 50.4 Å². The minimum Gasteiger partial charge on any atom is -0.359 e. The van der Waals surface area contributed by atoms with Crippen LogP contribution in [0.1, 0.15) is 46.3 Å². The zero-order valence-corrected chi connectivity index (χ0v) is 17.6. The van der Waals surface area contributed by atoms with Gasteiger partial charge in [-0.25, -0.2) is 0 Å². The summed E-state index contributed by atoms with van der Waals surface area (Å²) in [6.45, 7) is 2.67. The third kappa shape index (κ3) is 5.45. The van der Waals surface area contributed by atoms with Crippen molar-refractivity contribution in [1.82, 2.24) is 15.5 Å². The van der Waals surface area contributed by atoms with Crippen LogP contribution in [0.3, 0.4) is 0 Å². The molecule has 5 nitrogen and oxygen atoms in total. The number of hydrogen-bond donors (Lipinski definition) is 2. The summed E-state index contributed by atoms with van der Waals surface area (Å²) in [5.74, 6) is 0.0347. The van der Waals surface area contributed by atoms with Crippen LogP contribution < -0.4 is 10.6 Å². The fraction of sp³-hybridized carbons (Fsp3) is 0.417. The van der Waals surface area contributed by atoms with Crippen molar-refractivity contribution in [3.63, 3.8) is 0 Å². The van der Waals surface area contributed by atoms with E-state index in [0.29, 0.717) is 13.0 Å². The van der Waals surface area contributed by atoms with Gasteiger partial charge in [-0.1, -0.05) is 48.0 Å². The van der Waals surface area contributed by atoms with Gasteiger partial charge < -0.3 is 10.6 Å². The number of hydrogen-bond acceptors (Lipinski definition) is 3. The molecule has 0 radical (unpaired) electrons. The minimum atomic E-state index is -0.0316. The summed E-state index contributed by atoms with van der Waals surface area (Å²) in [4.78, 5) is 26.8. The molecule has 0 saturated carbocycles. The molecule has 1 aliphatic rings. The van der Waals surface area contributed by atoms with Crippen LogP contribution >= 0.6 is 0 Å². The number of aryl methyl sites for hydroxylation is 1. The molecule has 2 amide bonds. The molecule has 1 fully saturated rings. The van der Waals surface area contributed by atoms with Crippen molar-refractivity contribution in [3.05, 3.63) is 70.8 Å². The molecule has 0 unspecified atom stereocenters. The molecule has 2 N–H and O–H groups in total. The van der Waals surface area contributed by atoms with Crippen molar-refractivity contribution in [2.24, 2.45) is 0 Å². The van der Waals surface area contributed by atoms with Crippen molar-refractivity contribution >= 4 is 11.8 Å². The molecular weight excluding hydrogens is 362 g/mol. The smallest absolute Gasteiger partial charge is 0.251 e. The van der Waals surface area contributed by atoms with E-state index in [2.05, 4.69) is 46.7 Å². The van der Waals surface area contributed by atoms with Crippen molar-refractivity contribution in [3.8, 4) is 0 Å². The Balaban J connectivity index is 1.60. The molecular formula is C24H31N3O2. The molecule has 0 spiro atoms. The van der Waals surface area contributed by atoms with E-state index in [4.69, 9.17) is 0 Å². The van der Waals surface area contributed by atoms with Gasteiger partial charge in [0.15, 0.2) is 0 Å². The third-order valence-corrected chi connectivity index (χ3v) is 5.96. The van der Waals surface area contributed by atoms with Crippen molar-refractivity contribution < 1.29 is 9.59 Å². The van der Waals surface area contributed by atoms with E-state index in [9.17, 15) is 9.59 Å². The Morgan fingerprint density at radius 1 is 1.03 bits per heavy atom. The van der Waals surface area contributed by atoms with Crippen molar-refractivity contribution in [2.75, 3.05) is 20.6 Å². The topological polar surface area (TPSA) is 61.4 Å². The molecule has 3 rings (SSSR count). The van der Waals surface area contributed by atoms with Gasteiger partial charge in [0, 0.05) is 37.7 Å². The van der Waals surface area contributed by atoms with E-state index in [1.165, 1.54) is 11.1 Å². The van der Waals surface area contributed by atoms with Crippen LogP contribution in [-0.2, 0) is 11.2 Å². The lowest BCUT2D eigenvalue weighted by molar-refractivity contribution is -0.121. The first kappa shape index (κ1) is 21.1. The molecule has 0 aliphatic carbocycles. The van der Waals surface area contributed by atoms with E-state index in [-0.39, 0.29) is 23.9 Å². The number of nitrogens with zero attached hydrogens (tertiary/aromatic N) is 1. The summed E-state index contributed by atoms with van der Waals surface area (Å²) < 4.78 is 0. The largest absolute Gasteiger partial charge is 0.359 e. The monoisotopic (exact) mass is 393 g/mol. The lowest BCUT2D eigenvalue weighted by Gasteiger charge is -2.25. The van der Waals surface area contributed by atoms with Gasteiger partial charge in [-0.15, -0.1) is 0 Å². The highest BCUT2D eigenvalue weighted by atomic mass is 16.2. The second-order valence-corrected chi connectivity index (χ2v) is 7.96. The van der Waals surface area contributed by atoms with Gasteiger partial charge in [0.25, 0.3) is 5.91 Å². The van der Waals surface area contributed by atoms with Gasteiger partial charge in [0.2, 0.25) is 5.91 Å². The Kier molecular flexibility index (Phi) is 7.04. The third-order valence-electron chi connectivity index (χ3n) is 5.96. The van der Waals surface area contributed by atoms with Gasteiger partial charge in [0.05, 0.1) is 0 Å². The Morgan fingerprint density at radius 3 is 2.45 bits per heavy atom. The van der Waals surface area contributed by atoms with Crippen LogP contribution in [0.4, 0.5) is 0 Å². The van der Waals surface area contributed by atoms with Crippen molar-refractivity contribution in [2.45, 2.75) is 44.7 Å². The predicted molar refractivity (Wildman–Crippen MR) is 116 cm³/mol. The molecule has 29 heavy (non-hydrogen) atoms. The maximum Gasteiger partial charge on any atom is 0.251 e. The van der Waals surface area contributed by atoms with Gasteiger partial charge in [0.1, 0.15) is 0 Å². The molecule has 2 atom stereocenters. The van der Waals surface area contributed by atoms with Gasteiger partial charge in [-0.2, -0.15) is 0 Å². The first-order valence-corrected chi connectivity index (χ1v) is 10.3. The van der Waals surface area contributed by atoms with E-state index in [1.807, 2.05) is 31.3 Å². The molecule has 0 bridgehead atoms. The summed E-state index contributed by atoms with van der Waals surface area (Å²) in [5, 5.41) is 5.81. The summed E-state index contributed by atoms with van der Waals surface area (Å²) in [6, 6.07) is 16.7. The van der Waals surface area contributed by atoms with Crippen LogP contribution in [0.15, 0.2) is 48.5 Å². The first-order valence-electron chi connectivity index (χ1n) is 10.3. The summed E-state index contributed by atoms with van der Waals surface area (Å²) in [7, 11) is 3.71. The second-order valence-electron chi connectivity index (χ2n) is 7.96. The lowest BCUT2D eigenvalue weighted by atomic mass is 9.98. The van der Waals surface area contributed by atoms with Crippen LogP contribution in [0.25, 0.3) is 0 Å². The average molecular weight is 394 g/mol. The standard InChI is InChI=1S/C24H31N3O2/c1-17-8-10-18(11-9-17)14-19-6-4-5-7-22(19)24(29)26-16-21-13-12-20(27(21)3)15-23(28)25-2/h4-11,20-21H,12-16H2,1-3H3,(H,25,28)(H,26,29)/t20-,21+/m1/s1. The van der Waals surface area contributed by atoms with E-state index in [0.717, 1.165) is 30.4 Å². The zero-order chi connectivity index (χ0) is 20.8. The summed E-state index contributed by atoms with van der Waals surface area (Å²) in [6.07, 6.45) is 3.22.